The summed E-state index contributed by atoms with van der Waals surface area (Å²) < 4.78 is 40.1. The monoisotopic (exact) mass is 335 g/mol. The highest BCUT2D eigenvalue weighted by Crippen LogP contribution is 2.37. The highest BCUT2D eigenvalue weighted by molar-refractivity contribution is 9.10. The Morgan fingerprint density at radius 1 is 1.26 bits per heavy atom. The third-order valence-electron chi connectivity index (χ3n) is 3.76. The number of halogens is 4. The van der Waals surface area contributed by atoms with Gasteiger partial charge in [-0.15, -0.1) is 0 Å². The molecule has 2 N–H and O–H groups in total. The lowest BCUT2D eigenvalue weighted by Crippen LogP contribution is -2.37. The Balaban J connectivity index is 1.96. The summed E-state index contributed by atoms with van der Waals surface area (Å²) in [4.78, 5) is 0. The molecule has 0 radical (unpaired) electrons. The average molecular weight is 336 g/mol. The molecule has 5 heteroatoms. The number of hydrogen-bond acceptors (Lipinski definition) is 1. The summed E-state index contributed by atoms with van der Waals surface area (Å²) in [6, 6.07) is 4.46. The van der Waals surface area contributed by atoms with Gasteiger partial charge in [-0.3, -0.25) is 0 Å². The third-order valence-corrected chi connectivity index (χ3v) is 4.22. The summed E-state index contributed by atoms with van der Waals surface area (Å²) >= 11 is 3.23. The van der Waals surface area contributed by atoms with Gasteiger partial charge in [-0.05, 0) is 48.9 Å². The van der Waals surface area contributed by atoms with Gasteiger partial charge in [0.05, 0.1) is 0 Å². The van der Waals surface area contributed by atoms with Crippen molar-refractivity contribution in [2.75, 3.05) is 0 Å². The topological polar surface area (TPSA) is 26.0 Å². The Kier molecular flexibility index (Phi) is 4.56. The summed E-state index contributed by atoms with van der Waals surface area (Å²) in [7, 11) is 0. The Hall–Kier alpha value is -0.550. The molecule has 1 aromatic rings. The van der Waals surface area contributed by atoms with E-state index in [-0.39, 0.29) is 30.6 Å². The lowest BCUT2D eigenvalue weighted by Gasteiger charge is -2.32. The maximum absolute atomic E-state index is 13.3. The van der Waals surface area contributed by atoms with Crippen molar-refractivity contribution in [2.24, 2.45) is 11.7 Å². The fourth-order valence-electron chi connectivity index (χ4n) is 2.66. The standard InChI is InChI=1S/C14H17BrF3N/c15-11-5-9(6-12(16)8-11)7-13(19)10-1-3-14(17,18)4-2-10/h5-6,8,10,13H,1-4,7,19H2. The van der Waals surface area contributed by atoms with Crippen molar-refractivity contribution in [3.05, 3.63) is 34.1 Å². The molecule has 106 valence electrons. The molecule has 19 heavy (non-hydrogen) atoms. The number of rotatable bonds is 3. The predicted molar refractivity (Wildman–Crippen MR) is 72.7 cm³/mol. The van der Waals surface area contributed by atoms with Gasteiger partial charge in [0.15, 0.2) is 0 Å². The van der Waals surface area contributed by atoms with E-state index in [1.165, 1.54) is 12.1 Å². The summed E-state index contributed by atoms with van der Waals surface area (Å²) in [5.74, 6) is -2.74. The molecular weight excluding hydrogens is 319 g/mol. The van der Waals surface area contributed by atoms with E-state index in [9.17, 15) is 13.2 Å². The molecule has 2 rings (SSSR count). The number of nitrogens with two attached hydrogens (primary N) is 1. The van der Waals surface area contributed by atoms with Crippen LogP contribution in [0.1, 0.15) is 31.2 Å². The molecule has 1 aromatic carbocycles. The van der Waals surface area contributed by atoms with Gasteiger partial charge in [-0.2, -0.15) is 0 Å². The maximum atomic E-state index is 13.3. The van der Waals surface area contributed by atoms with Crippen molar-refractivity contribution in [3.8, 4) is 0 Å². The molecule has 0 heterocycles. The largest absolute Gasteiger partial charge is 0.327 e. The highest BCUT2D eigenvalue weighted by atomic mass is 79.9. The van der Waals surface area contributed by atoms with Gasteiger partial charge >= 0.3 is 0 Å². The second kappa shape index (κ2) is 5.83. The van der Waals surface area contributed by atoms with E-state index >= 15 is 0 Å². The normalized spacial score (nSPS) is 21.3. The predicted octanol–water partition coefficient (Wildman–Crippen LogP) is 4.28. The zero-order valence-electron chi connectivity index (χ0n) is 10.5. The van der Waals surface area contributed by atoms with E-state index < -0.39 is 5.92 Å². The van der Waals surface area contributed by atoms with Gasteiger partial charge in [0.1, 0.15) is 5.82 Å². The molecule has 1 aliphatic rings. The summed E-state index contributed by atoms with van der Waals surface area (Å²) in [5, 5.41) is 0. The summed E-state index contributed by atoms with van der Waals surface area (Å²) in [5.41, 5.74) is 6.89. The second-order valence-corrected chi connectivity index (χ2v) is 6.25. The quantitative estimate of drug-likeness (QED) is 0.876. The Morgan fingerprint density at radius 2 is 1.89 bits per heavy atom. The van der Waals surface area contributed by atoms with E-state index in [0.29, 0.717) is 23.7 Å². The lowest BCUT2D eigenvalue weighted by atomic mass is 9.80. The van der Waals surface area contributed by atoms with E-state index in [1.54, 1.807) is 0 Å². The summed E-state index contributed by atoms with van der Waals surface area (Å²) in [6.07, 6.45) is 1.25. The highest BCUT2D eigenvalue weighted by Gasteiger charge is 2.36. The smallest absolute Gasteiger partial charge is 0.248 e. The molecular formula is C14H17BrF3N. The van der Waals surface area contributed by atoms with Crippen LogP contribution >= 0.6 is 15.9 Å². The molecule has 1 atom stereocenters. The maximum Gasteiger partial charge on any atom is 0.248 e. The first kappa shape index (κ1) is 14.9. The molecule has 1 saturated carbocycles. The van der Waals surface area contributed by atoms with Gasteiger partial charge < -0.3 is 5.73 Å². The van der Waals surface area contributed by atoms with Crippen molar-refractivity contribution in [1.29, 1.82) is 0 Å². The van der Waals surface area contributed by atoms with Crippen LogP contribution in [0.15, 0.2) is 22.7 Å². The molecule has 0 bridgehead atoms. The Bertz CT molecular complexity index is 420. The van der Waals surface area contributed by atoms with Crippen LogP contribution < -0.4 is 5.73 Å². The van der Waals surface area contributed by atoms with Crippen LogP contribution in [0, 0.1) is 11.7 Å². The fraction of sp³-hybridized carbons (Fsp3) is 0.571. The lowest BCUT2D eigenvalue weighted by molar-refractivity contribution is -0.0481. The van der Waals surface area contributed by atoms with Gasteiger partial charge in [0, 0.05) is 23.4 Å². The number of hydrogen-bond donors (Lipinski definition) is 1. The minimum atomic E-state index is -2.53. The fourth-order valence-corrected chi connectivity index (χ4v) is 3.17. The molecule has 0 aromatic heterocycles. The molecule has 1 unspecified atom stereocenters. The first-order valence-corrected chi connectivity index (χ1v) is 7.23. The molecule has 0 amide bonds. The molecule has 1 aliphatic carbocycles. The van der Waals surface area contributed by atoms with E-state index in [2.05, 4.69) is 15.9 Å². The van der Waals surface area contributed by atoms with Crippen LogP contribution in [0.3, 0.4) is 0 Å². The van der Waals surface area contributed by atoms with Crippen LogP contribution in [0.2, 0.25) is 0 Å². The number of alkyl halides is 2. The van der Waals surface area contributed by atoms with Gasteiger partial charge in [-0.1, -0.05) is 15.9 Å². The van der Waals surface area contributed by atoms with Gasteiger partial charge in [0.2, 0.25) is 5.92 Å². The third kappa shape index (κ3) is 4.21. The van der Waals surface area contributed by atoms with Crippen molar-refractivity contribution < 1.29 is 13.2 Å². The van der Waals surface area contributed by atoms with Crippen molar-refractivity contribution in [1.82, 2.24) is 0 Å². The zero-order chi connectivity index (χ0) is 14.0. The van der Waals surface area contributed by atoms with Crippen LogP contribution in [0.25, 0.3) is 0 Å². The van der Waals surface area contributed by atoms with Crippen LogP contribution in [0.5, 0.6) is 0 Å². The zero-order valence-corrected chi connectivity index (χ0v) is 12.1. The van der Waals surface area contributed by atoms with Crippen LogP contribution in [0.4, 0.5) is 13.2 Å². The molecule has 0 aliphatic heterocycles. The first-order chi connectivity index (χ1) is 8.85. The minimum Gasteiger partial charge on any atom is -0.327 e. The molecule has 0 spiro atoms. The first-order valence-electron chi connectivity index (χ1n) is 6.44. The van der Waals surface area contributed by atoms with Gasteiger partial charge in [0.25, 0.3) is 0 Å². The molecule has 1 fully saturated rings. The molecule has 0 saturated heterocycles. The van der Waals surface area contributed by atoms with E-state index in [4.69, 9.17) is 5.73 Å². The minimum absolute atomic E-state index is 0.0851. The summed E-state index contributed by atoms with van der Waals surface area (Å²) in [6.45, 7) is 0. The van der Waals surface area contributed by atoms with E-state index in [1.807, 2.05) is 6.07 Å². The van der Waals surface area contributed by atoms with Gasteiger partial charge in [-0.25, -0.2) is 13.2 Å². The Morgan fingerprint density at radius 3 is 2.47 bits per heavy atom. The van der Waals surface area contributed by atoms with Crippen LogP contribution in [-0.4, -0.2) is 12.0 Å². The SMILES string of the molecule is NC(Cc1cc(F)cc(Br)c1)C1CCC(F)(F)CC1. The van der Waals surface area contributed by atoms with E-state index in [0.717, 1.165) is 5.56 Å². The second-order valence-electron chi connectivity index (χ2n) is 5.34. The van der Waals surface area contributed by atoms with Crippen molar-refractivity contribution in [3.63, 3.8) is 0 Å². The van der Waals surface area contributed by atoms with Crippen molar-refractivity contribution in [2.45, 2.75) is 44.1 Å². The van der Waals surface area contributed by atoms with Crippen molar-refractivity contribution >= 4 is 15.9 Å². The molecule has 1 nitrogen and oxygen atoms in total. The average Bonchev–Trinajstić information content (AvgIpc) is 2.26. The van der Waals surface area contributed by atoms with Crippen LogP contribution in [-0.2, 0) is 6.42 Å². The Labute approximate surface area is 119 Å². The number of benzene rings is 1.